The number of unbranched alkanes of at least 4 members (excludes halogenated alkanes) is 1. The maximum absolute atomic E-state index is 12.7. The third-order valence-corrected chi connectivity index (χ3v) is 4.62. The largest absolute Gasteiger partial charge is 0.351 e. The van der Waals surface area contributed by atoms with Gasteiger partial charge in [0.2, 0.25) is 0 Å². The number of carbonyl (C=O) groups excluding carboxylic acids is 3. The molecule has 1 saturated heterocycles. The van der Waals surface area contributed by atoms with E-state index >= 15 is 0 Å². The van der Waals surface area contributed by atoms with Gasteiger partial charge in [0.1, 0.15) is 5.69 Å². The van der Waals surface area contributed by atoms with E-state index in [9.17, 15) is 14.4 Å². The summed E-state index contributed by atoms with van der Waals surface area (Å²) in [5.74, 6) is -1.16. The maximum Gasteiger partial charge on any atom is 0.312 e. The highest BCUT2D eigenvalue weighted by Gasteiger charge is 2.28. The number of rotatable bonds is 4. The molecule has 2 heterocycles. The first-order chi connectivity index (χ1) is 12.6. The summed E-state index contributed by atoms with van der Waals surface area (Å²) in [4.78, 5) is 43.1. The van der Waals surface area contributed by atoms with Gasteiger partial charge in [-0.3, -0.25) is 14.4 Å². The average molecular weight is 356 g/mol. The number of nitrogens with one attached hydrogen (secondary N) is 2. The lowest BCUT2D eigenvalue weighted by atomic mass is 10.2. The highest BCUT2D eigenvalue weighted by molar-refractivity contribution is 6.35. The smallest absolute Gasteiger partial charge is 0.312 e. The summed E-state index contributed by atoms with van der Waals surface area (Å²) in [5, 5.41) is 3.63. The number of para-hydroxylation sites is 1. The molecule has 138 valence electrons. The van der Waals surface area contributed by atoms with Crippen LogP contribution < -0.4 is 5.32 Å². The van der Waals surface area contributed by atoms with Gasteiger partial charge in [-0.2, -0.15) is 0 Å². The number of benzene rings is 1. The van der Waals surface area contributed by atoms with E-state index < -0.39 is 11.8 Å². The van der Waals surface area contributed by atoms with Crippen molar-refractivity contribution in [3.05, 3.63) is 36.0 Å². The number of piperazine rings is 1. The Kier molecular flexibility index (Phi) is 5.55. The Morgan fingerprint density at radius 3 is 2.46 bits per heavy atom. The summed E-state index contributed by atoms with van der Waals surface area (Å²) < 4.78 is 0. The van der Waals surface area contributed by atoms with Crippen molar-refractivity contribution in [2.45, 2.75) is 19.8 Å². The zero-order valence-electron chi connectivity index (χ0n) is 15.0. The van der Waals surface area contributed by atoms with Crippen LogP contribution in [0.1, 0.15) is 30.3 Å². The standard InChI is InChI=1S/C19H24N4O3/c1-2-3-8-20-17(24)19(26)23-11-9-22(10-12-23)18(25)16-13-14-6-4-5-7-15(14)21-16/h4-7,13,21H,2-3,8-12H2,1H3,(H,20,24). The van der Waals surface area contributed by atoms with Gasteiger partial charge in [-0.1, -0.05) is 31.5 Å². The topological polar surface area (TPSA) is 85.5 Å². The number of hydrogen-bond acceptors (Lipinski definition) is 3. The molecule has 0 unspecified atom stereocenters. The number of aromatic nitrogens is 1. The molecule has 7 heteroatoms. The first-order valence-electron chi connectivity index (χ1n) is 9.04. The molecule has 1 fully saturated rings. The van der Waals surface area contributed by atoms with E-state index in [1.165, 1.54) is 4.90 Å². The summed E-state index contributed by atoms with van der Waals surface area (Å²) in [6.45, 7) is 4.11. The van der Waals surface area contributed by atoms with Crippen LogP contribution in [-0.2, 0) is 9.59 Å². The highest BCUT2D eigenvalue weighted by Crippen LogP contribution is 2.16. The van der Waals surface area contributed by atoms with Crippen LogP contribution in [0.5, 0.6) is 0 Å². The van der Waals surface area contributed by atoms with Crippen LogP contribution in [0.2, 0.25) is 0 Å². The summed E-state index contributed by atoms with van der Waals surface area (Å²) in [7, 11) is 0. The van der Waals surface area contributed by atoms with Crippen molar-refractivity contribution < 1.29 is 14.4 Å². The molecule has 0 bridgehead atoms. The second-order valence-corrected chi connectivity index (χ2v) is 6.46. The molecule has 0 saturated carbocycles. The molecule has 1 aromatic heterocycles. The van der Waals surface area contributed by atoms with Gasteiger partial charge in [0.15, 0.2) is 0 Å². The molecule has 2 aromatic rings. The van der Waals surface area contributed by atoms with E-state index in [-0.39, 0.29) is 5.91 Å². The lowest BCUT2D eigenvalue weighted by Crippen LogP contribution is -2.54. The van der Waals surface area contributed by atoms with Gasteiger partial charge >= 0.3 is 11.8 Å². The molecule has 3 amide bonds. The fraction of sp³-hybridized carbons (Fsp3) is 0.421. The lowest BCUT2D eigenvalue weighted by Gasteiger charge is -2.34. The Balaban J connectivity index is 1.55. The Morgan fingerprint density at radius 1 is 1.08 bits per heavy atom. The number of fused-ring (bicyclic) bond motifs is 1. The molecule has 1 aliphatic heterocycles. The quantitative estimate of drug-likeness (QED) is 0.641. The molecule has 7 nitrogen and oxygen atoms in total. The number of carbonyl (C=O) groups is 3. The van der Waals surface area contributed by atoms with Crippen molar-refractivity contribution >= 4 is 28.6 Å². The third-order valence-electron chi connectivity index (χ3n) is 4.62. The van der Waals surface area contributed by atoms with Gasteiger partial charge in [-0.05, 0) is 18.6 Å². The molecule has 26 heavy (non-hydrogen) atoms. The van der Waals surface area contributed by atoms with Gasteiger partial charge < -0.3 is 20.1 Å². The van der Waals surface area contributed by atoms with Crippen LogP contribution in [0.25, 0.3) is 10.9 Å². The van der Waals surface area contributed by atoms with Crippen LogP contribution in [0.15, 0.2) is 30.3 Å². The van der Waals surface area contributed by atoms with Crippen LogP contribution in [0, 0.1) is 0 Å². The number of H-pyrrole nitrogens is 1. The van der Waals surface area contributed by atoms with E-state index in [0.29, 0.717) is 38.4 Å². The monoisotopic (exact) mass is 356 g/mol. The molecule has 0 spiro atoms. The second kappa shape index (κ2) is 8.03. The Bertz CT molecular complexity index is 773. The Labute approximate surface area is 152 Å². The molecule has 1 aliphatic rings. The molecular weight excluding hydrogens is 332 g/mol. The van der Waals surface area contributed by atoms with E-state index in [2.05, 4.69) is 10.3 Å². The fourth-order valence-electron chi connectivity index (χ4n) is 3.07. The maximum atomic E-state index is 12.7. The minimum Gasteiger partial charge on any atom is -0.351 e. The summed E-state index contributed by atoms with van der Waals surface area (Å²) in [5.41, 5.74) is 1.47. The molecule has 0 radical (unpaired) electrons. The van der Waals surface area contributed by atoms with Crippen molar-refractivity contribution in [2.24, 2.45) is 0 Å². The van der Waals surface area contributed by atoms with Gasteiger partial charge in [-0.25, -0.2) is 0 Å². The average Bonchev–Trinajstić information content (AvgIpc) is 3.11. The SMILES string of the molecule is CCCCNC(=O)C(=O)N1CCN(C(=O)c2cc3ccccc3[nH]2)CC1. The molecule has 1 aromatic carbocycles. The molecule has 0 aliphatic carbocycles. The van der Waals surface area contributed by atoms with Gasteiger partial charge in [-0.15, -0.1) is 0 Å². The third kappa shape index (κ3) is 3.87. The number of aromatic amines is 1. The fourth-order valence-corrected chi connectivity index (χ4v) is 3.07. The molecule has 0 atom stereocenters. The van der Waals surface area contributed by atoms with Crippen molar-refractivity contribution in [3.63, 3.8) is 0 Å². The van der Waals surface area contributed by atoms with Crippen LogP contribution in [-0.4, -0.2) is 65.2 Å². The Hall–Kier alpha value is -2.83. The zero-order chi connectivity index (χ0) is 18.5. The normalized spacial score (nSPS) is 14.5. The van der Waals surface area contributed by atoms with Gasteiger partial charge in [0, 0.05) is 43.6 Å². The van der Waals surface area contributed by atoms with Gasteiger partial charge in [0.25, 0.3) is 5.91 Å². The molecule has 2 N–H and O–H groups in total. The molecule has 3 rings (SSSR count). The summed E-state index contributed by atoms with van der Waals surface area (Å²) in [6.07, 6.45) is 1.81. The Morgan fingerprint density at radius 2 is 1.77 bits per heavy atom. The zero-order valence-corrected chi connectivity index (χ0v) is 15.0. The predicted molar refractivity (Wildman–Crippen MR) is 98.7 cm³/mol. The number of amides is 3. The van der Waals surface area contributed by atoms with E-state index in [1.807, 2.05) is 37.3 Å². The van der Waals surface area contributed by atoms with E-state index in [4.69, 9.17) is 0 Å². The lowest BCUT2D eigenvalue weighted by molar-refractivity contribution is -0.146. The molecular formula is C19H24N4O3. The summed E-state index contributed by atoms with van der Waals surface area (Å²) >= 11 is 0. The highest BCUT2D eigenvalue weighted by atomic mass is 16.2. The van der Waals surface area contributed by atoms with Crippen LogP contribution in [0.4, 0.5) is 0 Å². The van der Waals surface area contributed by atoms with Crippen molar-refractivity contribution in [3.8, 4) is 0 Å². The van der Waals surface area contributed by atoms with Gasteiger partial charge in [0.05, 0.1) is 0 Å². The van der Waals surface area contributed by atoms with Crippen molar-refractivity contribution in [1.29, 1.82) is 0 Å². The number of nitrogens with zero attached hydrogens (tertiary/aromatic N) is 2. The second-order valence-electron chi connectivity index (χ2n) is 6.46. The number of hydrogen-bond donors (Lipinski definition) is 2. The van der Waals surface area contributed by atoms with E-state index in [0.717, 1.165) is 23.7 Å². The minimum atomic E-state index is -0.561. The van der Waals surface area contributed by atoms with Crippen molar-refractivity contribution in [2.75, 3.05) is 32.7 Å². The first-order valence-corrected chi connectivity index (χ1v) is 9.04. The van der Waals surface area contributed by atoms with Crippen molar-refractivity contribution in [1.82, 2.24) is 20.1 Å². The first kappa shape index (κ1) is 18.0. The summed E-state index contributed by atoms with van der Waals surface area (Å²) in [6, 6.07) is 9.58. The van der Waals surface area contributed by atoms with E-state index in [1.54, 1.807) is 4.90 Å². The van der Waals surface area contributed by atoms with Crippen LogP contribution in [0.3, 0.4) is 0 Å². The minimum absolute atomic E-state index is 0.0827. The predicted octanol–water partition coefficient (Wildman–Crippen LogP) is 1.37. The van der Waals surface area contributed by atoms with Crippen LogP contribution >= 0.6 is 0 Å².